The Bertz CT molecular complexity index is 2010. The Hall–Kier alpha value is -2.93. The fraction of sp³-hybridized carbons (Fsp3) is 0.605. The zero-order valence-electron chi connectivity index (χ0n) is 36.2. The molecule has 304 valence electrons. The molecule has 2 aromatic carbocycles. The van der Waals surface area contributed by atoms with Gasteiger partial charge in [-0.2, -0.15) is 13.2 Å². The second kappa shape index (κ2) is 16.1. The van der Waals surface area contributed by atoms with Crippen LogP contribution in [0.4, 0.5) is 22.0 Å². The van der Waals surface area contributed by atoms with Crippen LogP contribution in [-0.2, 0) is 27.6 Å². The zero-order chi connectivity index (χ0) is 44.3. The molecule has 2 N–H and O–H groups in total. The molecule has 17 heteroatoms. The maximum atomic E-state index is 16.3. The Balaban J connectivity index is 1.53. The smallest absolute Gasteiger partial charge is 0.416 e. The lowest BCUT2D eigenvalue weighted by Crippen LogP contribution is -2.47. The second-order valence-electron chi connectivity index (χ2n) is 16.6. The first-order valence-corrected chi connectivity index (χ1v) is 22.9. The Morgan fingerprint density at radius 2 is 1.64 bits per heavy atom. The van der Waals surface area contributed by atoms with Crippen molar-refractivity contribution in [1.82, 2.24) is 24.5 Å². The van der Waals surface area contributed by atoms with E-state index in [0.717, 1.165) is 19.9 Å². The lowest BCUT2D eigenvalue weighted by atomic mass is 10.0. The standard InChI is InChI=1S/C38H52F5N5O5SSi/c1-35(2,3)54(51)46-29(20-53-36(4,5)38(41,42)43)32-45-28-19-25(15-16-30(28)48(32)23-52-17-18-55(6,7)8)31(24-13-14-24)44-21-37(39,40)22-47-33(49)26-11-9-10-12-27(26)34(47)50/h9-12,15-16,19,24,29,31,44,46H,13-14,17-18,20-23H2,1-8H3/t29-,31+,54+/m0/s1/i21D2,22D2. The number of alkyl halides is 5. The molecule has 0 unspecified atom stereocenters. The van der Waals surface area contributed by atoms with Crippen molar-refractivity contribution in [2.45, 2.75) is 114 Å². The number of fused-ring (bicyclic) bond motifs is 2. The molecule has 3 aromatic rings. The second-order valence-corrected chi connectivity index (χ2v) is 24.2. The van der Waals surface area contributed by atoms with E-state index >= 15 is 8.78 Å². The molecule has 2 aliphatic rings. The van der Waals surface area contributed by atoms with Gasteiger partial charge in [0, 0.05) is 34.8 Å². The molecule has 1 fully saturated rings. The van der Waals surface area contributed by atoms with Gasteiger partial charge in [-0.25, -0.2) is 13.8 Å². The zero-order valence-corrected chi connectivity index (χ0v) is 34.0. The molecule has 0 saturated heterocycles. The number of rotatable bonds is 18. The van der Waals surface area contributed by atoms with Gasteiger partial charge in [-0.15, -0.1) is 4.72 Å². The number of aromatic nitrogens is 2. The lowest BCUT2D eigenvalue weighted by Gasteiger charge is -2.32. The van der Waals surface area contributed by atoms with Crippen molar-refractivity contribution in [3.8, 4) is 0 Å². The van der Waals surface area contributed by atoms with E-state index in [1.807, 2.05) is 0 Å². The van der Waals surface area contributed by atoms with Crippen molar-refractivity contribution >= 4 is 42.3 Å². The molecule has 1 aliphatic carbocycles. The van der Waals surface area contributed by atoms with Crippen molar-refractivity contribution in [2.75, 3.05) is 26.2 Å². The van der Waals surface area contributed by atoms with Crippen molar-refractivity contribution < 1.29 is 51.1 Å². The summed E-state index contributed by atoms with van der Waals surface area (Å²) < 4.78 is 137. The number of hydrogen-bond donors (Lipinski definition) is 2. The van der Waals surface area contributed by atoms with E-state index in [1.54, 1.807) is 37.5 Å². The summed E-state index contributed by atoms with van der Waals surface area (Å²) in [6.07, 6.45) is -3.74. The van der Waals surface area contributed by atoms with Crippen LogP contribution in [-0.4, -0.2) is 87.5 Å². The molecule has 55 heavy (non-hydrogen) atoms. The fourth-order valence-corrected chi connectivity index (χ4v) is 7.21. The topological polar surface area (TPSA) is 121 Å². The van der Waals surface area contributed by atoms with Crippen LogP contribution in [0.5, 0.6) is 0 Å². The van der Waals surface area contributed by atoms with E-state index in [0.29, 0.717) is 25.0 Å². The van der Waals surface area contributed by atoms with Crippen LogP contribution >= 0.6 is 0 Å². The highest BCUT2D eigenvalue weighted by molar-refractivity contribution is 7.90. The summed E-state index contributed by atoms with van der Waals surface area (Å²) in [6, 6.07) is 8.29. The Morgan fingerprint density at radius 1 is 1.02 bits per heavy atom. The third-order valence-electron chi connectivity index (χ3n) is 9.31. The monoisotopic (exact) mass is 817 g/mol. The molecule has 1 aliphatic heterocycles. The number of hydrogen-bond acceptors (Lipinski definition) is 8. The Morgan fingerprint density at radius 3 is 2.18 bits per heavy atom. The number of amides is 2. The predicted molar refractivity (Wildman–Crippen MR) is 204 cm³/mol. The van der Waals surface area contributed by atoms with Crippen LogP contribution < -0.4 is 10.0 Å². The number of nitrogens with one attached hydrogen (secondary N) is 2. The summed E-state index contributed by atoms with van der Waals surface area (Å²) >= 11 is -1.82. The number of carbonyl (C=O) groups is 2. The highest BCUT2D eigenvalue weighted by Gasteiger charge is 2.49. The van der Waals surface area contributed by atoms with Crippen LogP contribution in [0.25, 0.3) is 11.0 Å². The molecule has 2 amide bonds. The van der Waals surface area contributed by atoms with Crippen molar-refractivity contribution in [2.24, 2.45) is 5.92 Å². The maximum Gasteiger partial charge on any atom is 0.416 e. The summed E-state index contributed by atoms with van der Waals surface area (Å²) in [6.45, 7) is 4.98. The van der Waals surface area contributed by atoms with Crippen molar-refractivity contribution in [1.29, 1.82) is 0 Å². The first kappa shape index (κ1) is 37.6. The van der Waals surface area contributed by atoms with E-state index in [4.69, 9.17) is 19.9 Å². The molecule has 2 heterocycles. The molecule has 1 saturated carbocycles. The Kier molecular flexibility index (Phi) is 11.0. The quantitative estimate of drug-likeness (QED) is 0.0440. The van der Waals surface area contributed by atoms with Crippen LogP contribution in [0.2, 0.25) is 25.7 Å². The summed E-state index contributed by atoms with van der Waals surface area (Å²) in [5.41, 5.74) is -2.22. The molecular weight excluding hydrogens is 762 g/mol. The minimum atomic E-state index is -4.99. The normalized spacial score (nSPS) is 19.2. The summed E-state index contributed by atoms with van der Waals surface area (Å²) in [5.74, 6) is -7.89. The van der Waals surface area contributed by atoms with Gasteiger partial charge in [0.15, 0.2) is 5.60 Å². The highest BCUT2D eigenvalue weighted by atomic mass is 32.2. The maximum absolute atomic E-state index is 16.3. The number of imidazole rings is 1. The Labute approximate surface area is 328 Å². The van der Waals surface area contributed by atoms with Crippen LogP contribution in [0.15, 0.2) is 42.5 Å². The van der Waals surface area contributed by atoms with Gasteiger partial charge in [0.25, 0.3) is 17.7 Å². The average molecular weight is 818 g/mol. The first-order valence-electron chi connectivity index (χ1n) is 20.0. The van der Waals surface area contributed by atoms with Crippen LogP contribution in [0.3, 0.4) is 0 Å². The molecule has 0 radical (unpaired) electrons. The number of ether oxygens (including phenoxy) is 2. The molecule has 0 spiro atoms. The molecule has 1 aromatic heterocycles. The van der Waals surface area contributed by atoms with E-state index in [1.165, 1.54) is 30.3 Å². The average Bonchev–Trinajstić information content (AvgIpc) is 3.84. The van der Waals surface area contributed by atoms with Crippen molar-refractivity contribution in [3.63, 3.8) is 0 Å². The highest BCUT2D eigenvalue weighted by Crippen LogP contribution is 2.42. The van der Waals surface area contributed by atoms with Gasteiger partial charge >= 0.3 is 6.18 Å². The molecule has 5 rings (SSSR count). The number of halogens is 5. The largest absolute Gasteiger partial charge is 0.598 e. The summed E-state index contributed by atoms with van der Waals surface area (Å²) in [7, 11) is -1.54. The van der Waals surface area contributed by atoms with Crippen molar-refractivity contribution in [3.05, 3.63) is 65.0 Å². The first-order chi connectivity index (χ1) is 26.9. The molecule has 0 bridgehead atoms. The van der Waals surface area contributed by atoms with Crippen LogP contribution in [0, 0.1) is 5.92 Å². The molecular formula is C38H52F5N5O5SSi. The minimum Gasteiger partial charge on any atom is -0.598 e. The number of benzene rings is 2. The third-order valence-corrected chi connectivity index (χ3v) is 12.6. The van der Waals surface area contributed by atoms with Crippen LogP contribution in [0.1, 0.15) is 97.1 Å². The van der Waals surface area contributed by atoms with Gasteiger partial charge < -0.3 is 23.9 Å². The number of nitrogens with zero attached hydrogens (tertiary/aromatic N) is 3. The van der Waals surface area contributed by atoms with Gasteiger partial charge in [0.2, 0.25) is 0 Å². The number of carbonyl (C=O) groups excluding carboxylic acids is 2. The van der Waals surface area contributed by atoms with Gasteiger partial charge in [-0.3, -0.25) is 14.5 Å². The van der Waals surface area contributed by atoms with E-state index in [2.05, 4.69) is 29.7 Å². The fourth-order valence-electron chi connectivity index (χ4n) is 5.67. The van der Waals surface area contributed by atoms with E-state index < -0.39 is 85.4 Å². The SMILES string of the molecule is [2H]C([2H])(N[C@@H](c1ccc2c(c1)nc([C@H](COC(C)(C)C(F)(F)F)N[S@+]([O-])C(C)(C)C)n2COCC[Si](C)(C)C)C1CC1)C(F)(F)C([2H])([2H])N1C(=O)c2ccccc2C1=O. The third kappa shape index (κ3) is 10.5. The van der Waals surface area contributed by atoms with E-state index in [9.17, 15) is 27.3 Å². The number of imide groups is 1. The van der Waals surface area contributed by atoms with Gasteiger partial charge in [-0.1, -0.05) is 37.8 Å². The summed E-state index contributed by atoms with van der Waals surface area (Å²) in [5, 5.41) is 2.31. The van der Waals surface area contributed by atoms with Gasteiger partial charge in [-0.05, 0) is 89.3 Å². The van der Waals surface area contributed by atoms with E-state index in [-0.39, 0.29) is 45.6 Å². The molecule has 10 nitrogen and oxygen atoms in total. The van der Waals surface area contributed by atoms with Gasteiger partial charge in [0.1, 0.15) is 23.3 Å². The summed E-state index contributed by atoms with van der Waals surface area (Å²) in [4.78, 5) is 30.6. The van der Waals surface area contributed by atoms with Gasteiger partial charge in [0.05, 0.1) is 44.5 Å². The predicted octanol–water partition coefficient (Wildman–Crippen LogP) is 7.77. The minimum absolute atomic E-state index is 0.107. The molecule has 3 atom stereocenters. The lowest BCUT2D eigenvalue weighted by molar-refractivity contribution is -0.265.